The Kier molecular flexibility index (Phi) is 5.71. The molecule has 2 aliphatic heterocycles. The number of hydrogen-bond acceptors (Lipinski definition) is 7. The molecule has 0 radical (unpaired) electrons. The van der Waals surface area contributed by atoms with E-state index < -0.39 is 10.0 Å². The number of aromatic nitrogens is 2. The van der Waals surface area contributed by atoms with Gasteiger partial charge in [0.2, 0.25) is 16.0 Å². The summed E-state index contributed by atoms with van der Waals surface area (Å²) in [5.74, 6) is 1.65. The van der Waals surface area contributed by atoms with Crippen LogP contribution in [-0.4, -0.2) is 87.0 Å². The number of rotatable bonds is 4. The molecule has 29 heavy (non-hydrogen) atoms. The average Bonchev–Trinajstić information content (AvgIpc) is 2.74. The van der Waals surface area contributed by atoms with Crippen LogP contribution in [0, 0.1) is 6.92 Å². The largest absolute Gasteiger partial charge is 0.354 e. The van der Waals surface area contributed by atoms with Crippen molar-refractivity contribution >= 4 is 21.8 Å². The van der Waals surface area contributed by atoms with E-state index in [9.17, 15) is 8.42 Å². The van der Waals surface area contributed by atoms with Gasteiger partial charge in [-0.15, -0.1) is 0 Å². The van der Waals surface area contributed by atoms with Gasteiger partial charge in [0.05, 0.1) is 4.90 Å². The highest BCUT2D eigenvalue weighted by molar-refractivity contribution is 7.89. The number of nitrogens with zero attached hydrogens (tertiary/aromatic N) is 6. The molecule has 156 valence electrons. The number of piperazine rings is 2. The molecule has 2 saturated heterocycles. The lowest BCUT2D eigenvalue weighted by Gasteiger charge is -2.36. The van der Waals surface area contributed by atoms with Crippen LogP contribution in [0.3, 0.4) is 0 Å². The molecule has 0 spiro atoms. The summed E-state index contributed by atoms with van der Waals surface area (Å²) in [4.78, 5) is 16.5. The molecule has 9 heteroatoms. The first-order valence-corrected chi connectivity index (χ1v) is 11.5. The van der Waals surface area contributed by atoms with Crippen LogP contribution in [0.15, 0.2) is 41.3 Å². The van der Waals surface area contributed by atoms with E-state index in [0.717, 1.165) is 37.7 Å². The van der Waals surface area contributed by atoms with Gasteiger partial charge in [-0.2, -0.15) is 9.29 Å². The van der Waals surface area contributed by atoms with Crippen LogP contribution in [0.1, 0.15) is 5.69 Å². The minimum absolute atomic E-state index is 0.345. The molecular weight excluding hydrogens is 388 g/mol. The predicted molar refractivity (Wildman–Crippen MR) is 114 cm³/mol. The van der Waals surface area contributed by atoms with E-state index in [0.29, 0.717) is 37.0 Å². The van der Waals surface area contributed by atoms with Gasteiger partial charge in [-0.25, -0.2) is 13.4 Å². The highest BCUT2D eigenvalue weighted by Gasteiger charge is 2.29. The van der Waals surface area contributed by atoms with Gasteiger partial charge in [0.15, 0.2) is 0 Å². The maximum atomic E-state index is 12.8. The fourth-order valence-electron chi connectivity index (χ4n) is 3.75. The Hall–Kier alpha value is -2.23. The molecule has 2 aromatic rings. The number of sulfonamides is 1. The predicted octanol–water partition coefficient (Wildman–Crippen LogP) is 1.05. The molecule has 4 rings (SSSR count). The smallest absolute Gasteiger partial charge is 0.243 e. The first-order valence-electron chi connectivity index (χ1n) is 10.0. The van der Waals surface area contributed by atoms with Gasteiger partial charge in [0.25, 0.3) is 0 Å². The topological polar surface area (TPSA) is 72.9 Å². The molecule has 2 aliphatic rings. The first-order chi connectivity index (χ1) is 13.9. The summed E-state index contributed by atoms with van der Waals surface area (Å²) in [7, 11) is -1.32. The zero-order valence-electron chi connectivity index (χ0n) is 17.0. The second-order valence-corrected chi connectivity index (χ2v) is 9.60. The van der Waals surface area contributed by atoms with Crippen molar-refractivity contribution in [2.45, 2.75) is 11.8 Å². The SMILES string of the molecule is Cc1cc(N2CCN(C)CC2)nc(N2CCN(S(=O)(=O)c3ccccc3)CC2)n1. The molecule has 0 bridgehead atoms. The maximum absolute atomic E-state index is 12.8. The Morgan fingerprint density at radius 1 is 0.828 bits per heavy atom. The van der Waals surface area contributed by atoms with E-state index in [4.69, 9.17) is 4.98 Å². The second kappa shape index (κ2) is 8.25. The van der Waals surface area contributed by atoms with Gasteiger partial charge in [0.1, 0.15) is 5.82 Å². The monoisotopic (exact) mass is 416 g/mol. The Balaban J connectivity index is 1.46. The lowest BCUT2D eigenvalue weighted by Crippen LogP contribution is -2.49. The van der Waals surface area contributed by atoms with Crippen LogP contribution in [0.25, 0.3) is 0 Å². The van der Waals surface area contributed by atoms with Crippen LogP contribution in [0.2, 0.25) is 0 Å². The summed E-state index contributed by atoms with van der Waals surface area (Å²) in [5.41, 5.74) is 0.934. The lowest BCUT2D eigenvalue weighted by molar-refractivity contribution is 0.312. The average molecular weight is 417 g/mol. The molecule has 2 fully saturated rings. The van der Waals surface area contributed by atoms with Gasteiger partial charge in [-0.1, -0.05) is 18.2 Å². The van der Waals surface area contributed by atoms with Gasteiger partial charge in [-0.05, 0) is 26.1 Å². The first kappa shape index (κ1) is 20.1. The quantitative estimate of drug-likeness (QED) is 0.738. The van der Waals surface area contributed by atoms with E-state index >= 15 is 0 Å². The van der Waals surface area contributed by atoms with E-state index in [2.05, 4.69) is 26.7 Å². The van der Waals surface area contributed by atoms with E-state index in [-0.39, 0.29) is 0 Å². The normalized spacial score (nSPS) is 19.5. The zero-order valence-corrected chi connectivity index (χ0v) is 17.8. The summed E-state index contributed by atoms with van der Waals surface area (Å²) < 4.78 is 27.2. The molecule has 0 saturated carbocycles. The lowest BCUT2D eigenvalue weighted by atomic mass is 10.3. The molecule has 3 heterocycles. The molecule has 1 aromatic carbocycles. The Labute approximate surface area is 172 Å². The molecule has 0 amide bonds. The molecule has 8 nitrogen and oxygen atoms in total. The molecule has 0 aliphatic carbocycles. The summed E-state index contributed by atoms with van der Waals surface area (Å²) >= 11 is 0. The molecule has 0 N–H and O–H groups in total. The summed E-state index contributed by atoms with van der Waals surface area (Å²) in [6.07, 6.45) is 0. The summed E-state index contributed by atoms with van der Waals surface area (Å²) in [6, 6.07) is 10.7. The van der Waals surface area contributed by atoms with Crippen LogP contribution >= 0.6 is 0 Å². The summed E-state index contributed by atoms with van der Waals surface area (Å²) in [5, 5.41) is 0. The number of aryl methyl sites for hydroxylation is 1. The third-order valence-corrected chi connectivity index (χ3v) is 7.47. The molecule has 0 unspecified atom stereocenters. The minimum Gasteiger partial charge on any atom is -0.354 e. The third-order valence-electron chi connectivity index (χ3n) is 5.56. The van der Waals surface area contributed by atoms with E-state index in [1.54, 1.807) is 28.6 Å². The third kappa shape index (κ3) is 4.36. The highest BCUT2D eigenvalue weighted by Crippen LogP contribution is 2.22. The molecule has 1 aromatic heterocycles. The van der Waals surface area contributed by atoms with Crippen molar-refractivity contribution in [2.75, 3.05) is 69.2 Å². The fourth-order valence-corrected chi connectivity index (χ4v) is 5.19. The van der Waals surface area contributed by atoms with Crippen molar-refractivity contribution in [3.63, 3.8) is 0 Å². The van der Waals surface area contributed by atoms with Crippen LogP contribution in [0.4, 0.5) is 11.8 Å². The molecule has 0 atom stereocenters. The number of likely N-dealkylation sites (N-methyl/N-ethyl adjacent to an activating group) is 1. The van der Waals surface area contributed by atoms with Crippen LogP contribution < -0.4 is 9.80 Å². The number of hydrogen-bond donors (Lipinski definition) is 0. The van der Waals surface area contributed by atoms with Crippen molar-refractivity contribution in [1.82, 2.24) is 19.2 Å². The summed E-state index contributed by atoms with van der Waals surface area (Å²) in [6.45, 7) is 7.96. The van der Waals surface area contributed by atoms with Crippen molar-refractivity contribution in [2.24, 2.45) is 0 Å². The van der Waals surface area contributed by atoms with Gasteiger partial charge < -0.3 is 14.7 Å². The Morgan fingerprint density at radius 2 is 1.45 bits per heavy atom. The van der Waals surface area contributed by atoms with Crippen molar-refractivity contribution < 1.29 is 8.42 Å². The maximum Gasteiger partial charge on any atom is 0.243 e. The fraction of sp³-hybridized carbons (Fsp3) is 0.500. The zero-order chi connectivity index (χ0) is 20.4. The van der Waals surface area contributed by atoms with Crippen LogP contribution in [0.5, 0.6) is 0 Å². The van der Waals surface area contributed by atoms with E-state index in [1.165, 1.54) is 0 Å². The number of anilines is 2. The second-order valence-electron chi connectivity index (χ2n) is 7.66. The van der Waals surface area contributed by atoms with Gasteiger partial charge in [-0.3, -0.25) is 0 Å². The Morgan fingerprint density at radius 3 is 2.10 bits per heavy atom. The van der Waals surface area contributed by atoms with E-state index in [1.807, 2.05) is 19.1 Å². The minimum atomic E-state index is -3.45. The Bertz CT molecular complexity index is 937. The number of benzene rings is 1. The van der Waals surface area contributed by atoms with Crippen molar-refractivity contribution in [1.29, 1.82) is 0 Å². The standard InChI is InChI=1S/C20H28N6O2S/c1-17-16-19(24-10-8-23(2)9-11-24)22-20(21-17)25-12-14-26(15-13-25)29(27,28)18-6-4-3-5-7-18/h3-7,16H,8-15H2,1-2H3. The van der Waals surface area contributed by atoms with Crippen molar-refractivity contribution in [3.05, 3.63) is 42.1 Å². The molecular formula is C20H28N6O2S. The van der Waals surface area contributed by atoms with Crippen LogP contribution in [-0.2, 0) is 10.0 Å². The van der Waals surface area contributed by atoms with Gasteiger partial charge in [0, 0.05) is 64.1 Å². The highest BCUT2D eigenvalue weighted by atomic mass is 32.2. The van der Waals surface area contributed by atoms with Gasteiger partial charge >= 0.3 is 0 Å². The van der Waals surface area contributed by atoms with Crippen molar-refractivity contribution in [3.8, 4) is 0 Å².